The molecule has 1 radical (unpaired) electrons. The summed E-state index contributed by atoms with van der Waals surface area (Å²) in [6.07, 6.45) is 1.03. The van der Waals surface area contributed by atoms with E-state index >= 15 is 0 Å². The zero-order valence-electron chi connectivity index (χ0n) is 6.02. The SMILES string of the molecule is C[Si](C)CCCOC=O. The first-order chi connectivity index (χ1) is 4.27. The highest BCUT2D eigenvalue weighted by molar-refractivity contribution is 6.55. The van der Waals surface area contributed by atoms with Crippen molar-refractivity contribution >= 4 is 15.3 Å². The fourth-order valence-corrected chi connectivity index (χ4v) is 1.41. The third-order valence-corrected chi connectivity index (χ3v) is 2.36. The predicted molar refractivity (Wildman–Crippen MR) is 38.9 cm³/mol. The molecule has 0 amide bonds. The number of hydrogen-bond acceptors (Lipinski definition) is 2. The molecule has 0 aliphatic heterocycles. The quantitative estimate of drug-likeness (QED) is 0.331. The number of carbonyl (C=O) groups excluding carboxylic acids is 1. The number of hydrogen-bond donors (Lipinski definition) is 0. The molecule has 53 valence electrons. The molecule has 2 nitrogen and oxygen atoms in total. The molecular formula is C6H13O2Si. The summed E-state index contributed by atoms with van der Waals surface area (Å²) in [5.41, 5.74) is 0. The lowest BCUT2D eigenvalue weighted by atomic mass is 10.5. The van der Waals surface area contributed by atoms with Gasteiger partial charge in [-0.25, -0.2) is 0 Å². The Balaban J connectivity index is 2.82. The van der Waals surface area contributed by atoms with E-state index in [4.69, 9.17) is 0 Å². The first-order valence-corrected chi connectivity index (χ1v) is 5.82. The molecule has 0 saturated heterocycles. The number of carbonyl (C=O) groups is 1. The van der Waals surface area contributed by atoms with Crippen LogP contribution in [0, 0.1) is 0 Å². The summed E-state index contributed by atoms with van der Waals surface area (Å²) < 4.78 is 4.52. The van der Waals surface area contributed by atoms with Crippen molar-refractivity contribution in [3.63, 3.8) is 0 Å². The van der Waals surface area contributed by atoms with Crippen molar-refractivity contribution in [2.75, 3.05) is 6.61 Å². The molecule has 0 bridgehead atoms. The predicted octanol–water partition coefficient (Wildman–Crippen LogP) is 1.30. The van der Waals surface area contributed by atoms with E-state index in [1.54, 1.807) is 0 Å². The summed E-state index contributed by atoms with van der Waals surface area (Å²) >= 11 is 0. The van der Waals surface area contributed by atoms with Gasteiger partial charge in [0.2, 0.25) is 0 Å². The molecule has 0 spiro atoms. The van der Waals surface area contributed by atoms with Crippen LogP contribution in [0.2, 0.25) is 19.1 Å². The Labute approximate surface area is 57.8 Å². The highest BCUT2D eigenvalue weighted by Gasteiger charge is 1.94. The van der Waals surface area contributed by atoms with Crippen LogP contribution in [0.4, 0.5) is 0 Å². The van der Waals surface area contributed by atoms with Crippen molar-refractivity contribution in [1.82, 2.24) is 0 Å². The lowest BCUT2D eigenvalue weighted by molar-refractivity contribution is -0.128. The minimum absolute atomic E-state index is 0.111. The van der Waals surface area contributed by atoms with Crippen LogP contribution in [0.5, 0.6) is 0 Å². The summed E-state index contributed by atoms with van der Waals surface area (Å²) in [5, 5.41) is 0. The standard InChI is InChI=1S/C6H13O2Si/c1-9(2)5-3-4-8-6-7/h6H,3-5H2,1-2H3. The van der Waals surface area contributed by atoms with Crippen LogP contribution in [0.1, 0.15) is 6.42 Å². The highest BCUT2D eigenvalue weighted by atomic mass is 28.3. The zero-order chi connectivity index (χ0) is 7.11. The fraction of sp³-hybridized carbons (Fsp3) is 0.833. The Morgan fingerprint density at radius 2 is 2.22 bits per heavy atom. The van der Waals surface area contributed by atoms with Crippen LogP contribution in [-0.4, -0.2) is 21.9 Å². The van der Waals surface area contributed by atoms with Gasteiger partial charge in [0.1, 0.15) is 0 Å². The van der Waals surface area contributed by atoms with Gasteiger partial charge in [0.15, 0.2) is 0 Å². The third kappa shape index (κ3) is 7.69. The Morgan fingerprint density at radius 1 is 1.56 bits per heavy atom. The number of ether oxygens (including phenoxy) is 1. The first kappa shape index (κ1) is 8.69. The van der Waals surface area contributed by atoms with Gasteiger partial charge in [0.25, 0.3) is 6.47 Å². The molecule has 0 saturated carbocycles. The molecular weight excluding hydrogens is 132 g/mol. The normalized spacial score (nSPS) is 9.67. The van der Waals surface area contributed by atoms with Crippen molar-refractivity contribution < 1.29 is 9.53 Å². The van der Waals surface area contributed by atoms with Gasteiger partial charge in [-0.2, -0.15) is 0 Å². The van der Waals surface area contributed by atoms with E-state index in [2.05, 4.69) is 17.8 Å². The summed E-state index contributed by atoms with van der Waals surface area (Å²) in [6, 6.07) is 1.23. The van der Waals surface area contributed by atoms with Crippen molar-refractivity contribution in [2.45, 2.75) is 25.6 Å². The maximum atomic E-state index is 9.64. The van der Waals surface area contributed by atoms with E-state index in [1.165, 1.54) is 6.04 Å². The summed E-state index contributed by atoms with van der Waals surface area (Å²) in [5.74, 6) is 0. The Bertz CT molecular complexity index is 73.5. The topological polar surface area (TPSA) is 26.3 Å². The Kier molecular flexibility index (Phi) is 5.61. The molecule has 0 rings (SSSR count). The second-order valence-corrected chi connectivity index (χ2v) is 5.19. The van der Waals surface area contributed by atoms with Gasteiger partial charge in [-0.05, 0) is 6.42 Å². The molecule has 0 aliphatic rings. The van der Waals surface area contributed by atoms with Gasteiger partial charge in [-0.1, -0.05) is 19.1 Å². The van der Waals surface area contributed by atoms with E-state index in [1.807, 2.05) is 0 Å². The number of rotatable bonds is 5. The molecule has 0 fully saturated rings. The molecule has 0 aromatic rings. The molecule has 0 aromatic carbocycles. The molecule has 0 aromatic heterocycles. The van der Waals surface area contributed by atoms with Crippen molar-refractivity contribution in [3.05, 3.63) is 0 Å². The van der Waals surface area contributed by atoms with Crippen LogP contribution >= 0.6 is 0 Å². The van der Waals surface area contributed by atoms with Crippen molar-refractivity contribution in [2.24, 2.45) is 0 Å². The maximum Gasteiger partial charge on any atom is 0.293 e. The van der Waals surface area contributed by atoms with Gasteiger partial charge in [0.05, 0.1) is 6.61 Å². The molecule has 0 unspecified atom stereocenters. The second-order valence-electron chi connectivity index (χ2n) is 2.28. The van der Waals surface area contributed by atoms with Gasteiger partial charge in [-0.15, -0.1) is 0 Å². The maximum absolute atomic E-state index is 9.64. The fourth-order valence-electron chi connectivity index (χ4n) is 0.557. The average Bonchev–Trinajstić information content (AvgIpc) is 1.80. The molecule has 0 atom stereocenters. The van der Waals surface area contributed by atoms with E-state index < -0.39 is 0 Å². The van der Waals surface area contributed by atoms with Crippen LogP contribution < -0.4 is 0 Å². The Hall–Kier alpha value is -0.313. The van der Waals surface area contributed by atoms with Gasteiger partial charge in [-0.3, -0.25) is 4.79 Å². The molecule has 9 heavy (non-hydrogen) atoms. The molecule has 0 heterocycles. The lowest BCUT2D eigenvalue weighted by Gasteiger charge is -1.99. The second kappa shape index (κ2) is 5.82. The summed E-state index contributed by atoms with van der Waals surface area (Å²) in [4.78, 5) is 9.64. The van der Waals surface area contributed by atoms with Gasteiger partial charge >= 0.3 is 0 Å². The van der Waals surface area contributed by atoms with E-state index in [9.17, 15) is 4.79 Å². The van der Waals surface area contributed by atoms with Gasteiger partial charge in [0, 0.05) is 8.80 Å². The monoisotopic (exact) mass is 145 g/mol. The smallest absolute Gasteiger partial charge is 0.293 e. The third-order valence-electron chi connectivity index (χ3n) is 1.01. The van der Waals surface area contributed by atoms with E-state index in [-0.39, 0.29) is 8.80 Å². The highest BCUT2D eigenvalue weighted by Crippen LogP contribution is 1.95. The summed E-state index contributed by atoms with van der Waals surface area (Å²) in [6.45, 7) is 5.62. The van der Waals surface area contributed by atoms with Crippen LogP contribution in [0.25, 0.3) is 0 Å². The Morgan fingerprint density at radius 3 is 2.67 bits per heavy atom. The van der Waals surface area contributed by atoms with Crippen molar-refractivity contribution in [1.29, 1.82) is 0 Å². The summed E-state index contributed by atoms with van der Waals surface area (Å²) in [7, 11) is -0.111. The molecule has 3 heteroatoms. The minimum Gasteiger partial charge on any atom is -0.468 e. The van der Waals surface area contributed by atoms with Crippen LogP contribution in [0.3, 0.4) is 0 Å². The van der Waals surface area contributed by atoms with Crippen LogP contribution in [0.15, 0.2) is 0 Å². The van der Waals surface area contributed by atoms with Gasteiger partial charge < -0.3 is 4.74 Å². The first-order valence-electron chi connectivity index (χ1n) is 3.11. The lowest BCUT2D eigenvalue weighted by Crippen LogP contribution is -2.01. The largest absolute Gasteiger partial charge is 0.468 e. The van der Waals surface area contributed by atoms with Crippen LogP contribution in [-0.2, 0) is 9.53 Å². The minimum atomic E-state index is -0.111. The zero-order valence-corrected chi connectivity index (χ0v) is 7.02. The average molecular weight is 145 g/mol. The van der Waals surface area contributed by atoms with E-state index in [0.717, 1.165) is 6.42 Å². The molecule has 0 N–H and O–H groups in total. The van der Waals surface area contributed by atoms with Crippen molar-refractivity contribution in [3.8, 4) is 0 Å². The van der Waals surface area contributed by atoms with E-state index in [0.29, 0.717) is 13.1 Å². The molecule has 0 aliphatic carbocycles.